The van der Waals surface area contributed by atoms with Crippen molar-refractivity contribution in [3.63, 3.8) is 0 Å². The van der Waals surface area contributed by atoms with Gasteiger partial charge in [0.1, 0.15) is 11.5 Å². The quantitative estimate of drug-likeness (QED) is 0.158. The van der Waals surface area contributed by atoms with Crippen molar-refractivity contribution in [1.29, 1.82) is 0 Å². The number of hydrogen-bond acceptors (Lipinski definition) is 1. The molecule has 1 nitrogen and oxygen atoms in total. The number of para-hydroxylation sites is 2. The van der Waals surface area contributed by atoms with E-state index in [1.54, 1.807) is 0 Å². The fourth-order valence-electron chi connectivity index (χ4n) is 11.1. The van der Waals surface area contributed by atoms with Crippen LogP contribution in [0.2, 0.25) is 0 Å². The number of hydrogen-bond donors (Lipinski definition) is 0. The van der Waals surface area contributed by atoms with Crippen LogP contribution in [0.15, 0.2) is 182 Å². The summed E-state index contributed by atoms with van der Waals surface area (Å²) in [6.07, 6.45) is 4.00. The third-order valence-electron chi connectivity index (χ3n) is 14.2. The fraction of sp³-hybridized carbons (Fsp3) is 0.119. The van der Waals surface area contributed by atoms with Crippen LogP contribution in [-0.2, 0) is 30.1 Å². The van der Waals surface area contributed by atoms with Crippen LogP contribution < -0.4 is 15.3 Å². The first-order valence-electron chi connectivity index (χ1n) is 22.0. The Balaban J connectivity index is 0.969. The van der Waals surface area contributed by atoms with Crippen LogP contribution in [-0.4, -0.2) is 0 Å². The monoisotopic (exact) mass is 830 g/mol. The molecule has 62 heavy (non-hydrogen) atoms. The van der Waals surface area contributed by atoms with Gasteiger partial charge in [-0.1, -0.05) is 212 Å². The van der Waals surface area contributed by atoms with Crippen LogP contribution in [0.25, 0.3) is 65.3 Å². The Bertz CT molecular complexity index is 3280. The van der Waals surface area contributed by atoms with E-state index in [1.807, 2.05) is 0 Å². The smallest absolute Gasteiger partial charge is 0.139 e. The van der Waals surface area contributed by atoms with E-state index in [2.05, 4.69) is 196 Å². The van der Waals surface area contributed by atoms with Crippen molar-refractivity contribution in [2.24, 2.45) is 0 Å². The second-order valence-electron chi connectivity index (χ2n) is 18.1. The van der Waals surface area contributed by atoms with E-state index in [-0.39, 0.29) is 5.41 Å². The third kappa shape index (κ3) is 5.61. The summed E-state index contributed by atoms with van der Waals surface area (Å²) in [4.78, 5) is 0. The average molecular weight is 831 g/mol. The molecule has 3 heteroatoms. The van der Waals surface area contributed by atoms with Crippen LogP contribution in [0.3, 0.4) is 0 Å². The molecule has 3 heterocycles. The number of fused-ring (bicyclic) bond motifs is 12. The van der Waals surface area contributed by atoms with E-state index in [9.17, 15) is 0 Å². The van der Waals surface area contributed by atoms with Crippen molar-refractivity contribution in [3.05, 3.63) is 215 Å². The maximum absolute atomic E-state index is 7.62. The molecule has 3 aliphatic heterocycles. The summed E-state index contributed by atoms with van der Waals surface area (Å²) in [6, 6.07) is 69.5. The molecule has 10 aromatic carbocycles. The molecule has 3 aliphatic rings. The molecule has 0 N–H and O–H groups in total. The second-order valence-corrected chi connectivity index (χ2v) is 22.5. The summed E-state index contributed by atoms with van der Waals surface area (Å²) < 4.78 is 7.62. The molecule has 0 fully saturated rings. The molecule has 0 aliphatic carbocycles. The summed E-state index contributed by atoms with van der Waals surface area (Å²) in [5.41, 5.74) is 13.5. The largest absolute Gasteiger partial charge is 0.455 e. The van der Waals surface area contributed by atoms with Gasteiger partial charge in [0.05, 0.1) is 0 Å². The summed E-state index contributed by atoms with van der Waals surface area (Å²) >= 11 is 0. The predicted molar refractivity (Wildman–Crippen MR) is 267 cm³/mol. The van der Waals surface area contributed by atoms with Gasteiger partial charge in [-0.05, 0) is 112 Å². The van der Waals surface area contributed by atoms with Crippen molar-refractivity contribution < 1.29 is 4.74 Å². The van der Waals surface area contributed by atoms with Crippen molar-refractivity contribution in [1.82, 2.24) is 0 Å². The lowest BCUT2D eigenvalue weighted by Crippen LogP contribution is -2.30. The topological polar surface area (TPSA) is 9.23 Å². The van der Waals surface area contributed by atoms with Gasteiger partial charge < -0.3 is 4.74 Å². The van der Waals surface area contributed by atoms with Gasteiger partial charge in [-0.2, -0.15) is 0 Å². The van der Waals surface area contributed by atoms with Gasteiger partial charge in [-0.15, -0.1) is 0 Å². The first-order valence-corrected chi connectivity index (χ1v) is 25.4. The zero-order chi connectivity index (χ0) is 41.1. The molecule has 0 saturated carbocycles. The lowest BCUT2D eigenvalue weighted by atomic mass is 9.76. The Kier molecular flexibility index (Phi) is 8.23. The Morgan fingerprint density at radius 2 is 0.806 bits per heavy atom. The summed E-state index contributed by atoms with van der Waals surface area (Å²) in [7, 11) is -1.37. The first-order chi connectivity index (χ1) is 30.5. The first kappa shape index (κ1) is 36.5. The second kappa shape index (κ2) is 14.0. The minimum atomic E-state index is -0.698. The highest BCUT2D eigenvalue weighted by atomic mass is 31.1. The Labute approximate surface area is 365 Å². The van der Waals surface area contributed by atoms with Crippen LogP contribution in [0.5, 0.6) is 11.5 Å². The van der Waals surface area contributed by atoms with Gasteiger partial charge in [0.15, 0.2) is 0 Å². The van der Waals surface area contributed by atoms with Gasteiger partial charge >= 0.3 is 0 Å². The van der Waals surface area contributed by atoms with Crippen LogP contribution in [0, 0.1) is 0 Å². The minimum absolute atomic E-state index is 0.238. The average Bonchev–Trinajstić information content (AvgIpc) is 3.49. The maximum Gasteiger partial charge on any atom is 0.139 e. The molecule has 4 bridgehead atoms. The van der Waals surface area contributed by atoms with E-state index in [0.717, 1.165) is 36.1 Å². The molecular weight excluding hydrogens is 787 g/mol. The normalized spacial score (nSPS) is 15.5. The molecule has 0 saturated heterocycles. The van der Waals surface area contributed by atoms with Gasteiger partial charge in [0, 0.05) is 27.2 Å². The molecule has 10 aromatic rings. The van der Waals surface area contributed by atoms with Crippen LogP contribution >= 0.6 is 15.8 Å². The zero-order valence-corrected chi connectivity index (χ0v) is 36.7. The van der Waals surface area contributed by atoms with Gasteiger partial charge in [-0.25, -0.2) is 0 Å². The zero-order valence-electron chi connectivity index (χ0n) is 35.0. The Morgan fingerprint density at radius 1 is 0.387 bits per heavy atom. The van der Waals surface area contributed by atoms with Crippen molar-refractivity contribution in [2.45, 2.75) is 43.9 Å². The molecule has 0 amide bonds. The van der Waals surface area contributed by atoms with Crippen LogP contribution in [0.4, 0.5) is 0 Å². The van der Waals surface area contributed by atoms with Gasteiger partial charge in [-0.3, -0.25) is 0 Å². The standard InChI is InChI=1S/C59H44OP2/c1-59(2)51-19-9-21-53(61-33-37-23-25-41-13-7-17-47(49(41)31-37)48-18-8-14-42-26-24-38(34-61)32-50(42)48)57(51)60-58-52(59)20-10-22-54(58)62-35-43-29-27-39-11-3-5-15-45(39)55(43)56-44(36-62)30-28-40-12-4-6-16-46(40)56/h3-32H,33-36H2,1-2H3. The van der Waals surface area contributed by atoms with E-state index in [1.165, 1.54) is 109 Å². The Morgan fingerprint density at radius 3 is 1.32 bits per heavy atom. The van der Waals surface area contributed by atoms with Crippen LogP contribution in [0.1, 0.15) is 47.2 Å². The highest BCUT2D eigenvalue weighted by Gasteiger charge is 2.39. The molecular formula is C59H44OP2. The molecule has 13 rings (SSSR count). The van der Waals surface area contributed by atoms with E-state index >= 15 is 0 Å². The molecule has 0 aromatic heterocycles. The van der Waals surface area contributed by atoms with E-state index < -0.39 is 15.8 Å². The van der Waals surface area contributed by atoms with E-state index in [0.29, 0.717) is 0 Å². The van der Waals surface area contributed by atoms with E-state index in [4.69, 9.17) is 4.74 Å². The lowest BCUT2D eigenvalue weighted by molar-refractivity contribution is 0.424. The molecule has 0 spiro atoms. The third-order valence-corrected chi connectivity index (χ3v) is 19.2. The summed E-state index contributed by atoms with van der Waals surface area (Å²) in [5.74, 6) is 2.18. The SMILES string of the molecule is CC1(C)c2cccc(P3Cc4ccc5cccc(c5c4)-c4cccc5ccc(cc45)C3)c2Oc2c(P3Cc4ccc5ccccc5c4-c4c(ccc5ccccc45)C3)cccc21. The van der Waals surface area contributed by atoms with Crippen molar-refractivity contribution in [2.75, 3.05) is 0 Å². The molecule has 296 valence electrons. The summed E-state index contributed by atoms with van der Waals surface area (Å²) in [6.45, 7) is 4.84. The number of benzene rings is 10. The summed E-state index contributed by atoms with van der Waals surface area (Å²) in [5, 5.41) is 13.3. The maximum atomic E-state index is 7.62. The van der Waals surface area contributed by atoms with Gasteiger partial charge in [0.25, 0.3) is 0 Å². The highest BCUT2D eigenvalue weighted by Crippen LogP contribution is 2.58. The van der Waals surface area contributed by atoms with Crippen molar-refractivity contribution >= 4 is 69.5 Å². The minimum Gasteiger partial charge on any atom is -0.455 e. The predicted octanol–water partition coefficient (Wildman–Crippen LogP) is 15.7. The molecule has 0 radical (unpaired) electrons. The fourth-order valence-corrected chi connectivity index (χ4v) is 16.1. The number of rotatable bonds is 2. The molecule has 0 atom stereocenters. The number of ether oxygens (including phenoxy) is 1. The molecule has 0 unspecified atom stereocenters. The Hall–Kier alpha value is -6.10. The lowest BCUT2D eigenvalue weighted by Gasteiger charge is -2.38. The highest BCUT2D eigenvalue weighted by molar-refractivity contribution is 7.64. The van der Waals surface area contributed by atoms with Crippen molar-refractivity contribution in [3.8, 4) is 33.8 Å². The van der Waals surface area contributed by atoms with Gasteiger partial charge in [0.2, 0.25) is 0 Å².